The zero-order valence-electron chi connectivity index (χ0n) is 18.5. The van der Waals surface area contributed by atoms with Crippen LogP contribution in [0.5, 0.6) is 0 Å². The molecule has 0 unspecified atom stereocenters. The molecule has 7 heteroatoms. The number of carbonyl (C=O) groups excluding carboxylic acids is 2. The Labute approximate surface area is 192 Å². The predicted molar refractivity (Wildman–Crippen MR) is 124 cm³/mol. The normalized spacial score (nSPS) is 13.2. The summed E-state index contributed by atoms with van der Waals surface area (Å²) < 4.78 is 7.00. The fraction of sp³-hybridized carbons (Fsp3) is 0.320. The first-order valence-electron chi connectivity index (χ1n) is 10.8. The topological polar surface area (TPSA) is 64.4 Å². The van der Waals surface area contributed by atoms with E-state index in [-0.39, 0.29) is 18.2 Å². The van der Waals surface area contributed by atoms with Crippen molar-refractivity contribution in [1.82, 2.24) is 14.7 Å². The molecule has 32 heavy (non-hydrogen) atoms. The molecule has 0 radical (unpaired) electrons. The molecule has 0 spiro atoms. The number of rotatable bonds is 5. The standard InChI is InChI=1S/C25H26ClN3O3/c1-4-32-25(31)23-21-15-28(24(30)18-7-5-17(6-8-18)16(2)3)14-13-22(21)29(27-23)20-11-9-19(26)10-12-20/h5-12,16H,4,13-15H2,1-3H3. The Kier molecular flexibility index (Phi) is 6.33. The number of fused-ring (bicyclic) bond motifs is 1. The van der Waals surface area contributed by atoms with E-state index < -0.39 is 5.97 Å². The number of amides is 1. The Morgan fingerprint density at radius 3 is 2.41 bits per heavy atom. The molecule has 0 saturated carbocycles. The van der Waals surface area contributed by atoms with E-state index in [0.29, 0.717) is 36.0 Å². The molecule has 0 saturated heterocycles. The third kappa shape index (κ3) is 4.28. The number of hydrogen-bond donors (Lipinski definition) is 0. The van der Waals surface area contributed by atoms with Crippen molar-refractivity contribution < 1.29 is 14.3 Å². The molecule has 1 amide bonds. The van der Waals surface area contributed by atoms with Crippen LogP contribution in [0.3, 0.4) is 0 Å². The lowest BCUT2D eigenvalue weighted by molar-refractivity contribution is 0.0513. The van der Waals surface area contributed by atoms with E-state index in [4.69, 9.17) is 16.3 Å². The van der Waals surface area contributed by atoms with E-state index in [1.165, 1.54) is 5.56 Å². The Bertz CT molecular complexity index is 1130. The monoisotopic (exact) mass is 451 g/mol. The van der Waals surface area contributed by atoms with Crippen molar-refractivity contribution in [2.75, 3.05) is 13.2 Å². The highest BCUT2D eigenvalue weighted by atomic mass is 35.5. The highest BCUT2D eigenvalue weighted by Gasteiger charge is 2.31. The number of hydrogen-bond acceptors (Lipinski definition) is 4. The SMILES string of the molecule is CCOC(=O)c1nn(-c2ccc(Cl)cc2)c2c1CN(C(=O)c1ccc(C(C)C)cc1)CC2. The molecule has 1 aromatic heterocycles. The molecular formula is C25H26ClN3O3. The van der Waals surface area contributed by atoms with Crippen LogP contribution >= 0.6 is 11.6 Å². The van der Waals surface area contributed by atoms with Crippen molar-refractivity contribution in [3.05, 3.63) is 81.6 Å². The summed E-state index contributed by atoms with van der Waals surface area (Å²) in [5.74, 6) is -0.130. The molecule has 1 aliphatic rings. The van der Waals surface area contributed by atoms with Crippen molar-refractivity contribution in [1.29, 1.82) is 0 Å². The van der Waals surface area contributed by atoms with Gasteiger partial charge in [-0.1, -0.05) is 37.6 Å². The minimum atomic E-state index is -0.480. The van der Waals surface area contributed by atoms with E-state index in [9.17, 15) is 9.59 Å². The number of aromatic nitrogens is 2. The van der Waals surface area contributed by atoms with Crippen molar-refractivity contribution in [3.8, 4) is 5.69 Å². The van der Waals surface area contributed by atoms with Crippen LogP contribution in [0.4, 0.5) is 0 Å². The van der Waals surface area contributed by atoms with E-state index in [2.05, 4.69) is 18.9 Å². The fourth-order valence-electron chi connectivity index (χ4n) is 3.94. The van der Waals surface area contributed by atoms with Crippen molar-refractivity contribution >= 4 is 23.5 Å². The first-order valence-corrected chi connectivity index (χ1v) is 11.2. The van der Waals surface area contributed by atoms with Crippen LogP contribution in [0.2, 0.25) is 5.02 Å². The van der Waals surface area contributed by atoms with Gasteiger partial charge < -0.3 is 9.64 Å². The predicted octanol–water partition coefficient (Wildman–Crippen LogP) is 5.02. The zero-order chi connectivity index (χ0) is 22.8. The van der Waals surface area contributed by atoms with E-state index >= 15 is 0 Å². The average Bonchev–Trinajstić information content (AvgIpc) is 3.18. The molecule has 2 heterocycles. The molecule has 6 nitrogen and oxygen atoms in total. The Hall–Kier alpha value is -3.12. The van der Waals surface area contributed by atoms with Gasteiger partial charge in [-0.3, -0.25) is 4.79 Å². The third-order valence-corrected chi connectivity index (χ3v) is 5.96. The van der Waals surface area contributed by atoms with Gasteiger partial charge >= 0.3 is 5.97 Å². The second-order valence-corrected chi connectivity index (χ2v) is 8.57. The molecular weight excluding hydrogens is 426 g/mol. The maximum Gasteiger partial charge on any atom is 0.359 e. The van der Waals surface area contributed by atoms with Crippen LogP contribution in [-0.2, 0) is 17.7 Å². The number of carbonyl (C=O) groups is 2. The molecule has 0 aliphatic carbocycles. The summed E-state index contributed by atoms with van der Waals surface area (Å²) in [5, 5.41) is 5.19. The van der Waals surface area contributed by atoms with Gasteiger partial charge in [0.2, 0.25) is 0 Å². The zero-order valence-corrected chi connectivity index (χ0v) is 19.2. The molecule has 2 aromatic carbocycles. The quantitative estimate of drug-likeness (QED) is 0.510. The largest absolute Gasteiger partial charge is 0.461 e. The highest BCUT2D eigenvalue weighted by Crippen LogP contribution is 2.28. The first-order chi connectivity index (χ1) is 15.4. The van der Waals surface area contributed by atoms with Gasteiger partial charge in [0.25, 0.3) is 5.91 Å². The summed E-state index contributed by atoms with van der Waals surface area (Å²) in [6.45, 7) is 7.11. The van der Waals surface area contributed by atoms with Crippen LogP contribution in [-0.4, -0.2) is 39.7 Å². The van der Waals surface area contributed by atoms with E-state index in [1.54, 1.807) is 28.6 Å². The fourth-order valence-corrected chi connectivity index (χ4v) is 4.07. The van der Waals surface area contributed by atoms with Gasteiger partial charge in [0, 0.05) is 29.1 Å². The van der Waals surface area contributed by atoms with E-state index in [0.717, 1.165) is 16.9 Å². The van der Waals surface area contributed by atoms with Gasteiger partial charge in [-0.2, -0.15) is 5.10 Å². The molecule has 0 N–H and O–H groups in total. The molecule has 1 aliphatic heterocycles. The molecule has 0 fully saturated rings. The highest BCUT2D eigenvalue weighted by molar-refractivity contribution is 6.30. The lowest BCUT2D eigenvalue weighted by atomic mass is 10.0. The van der Waals surface area contributed by atoms with Crippen molar-refractivity contribution in [2.24, 2.45) is 0 Å². The Morgan fingerprint density at radius 2 is 1.78 bits per heavy atom. The van der Waals surface area contributed by atoms with Gasteiger partial charge in [0.05, 0.1) is 24.5 Å². The number of benzene rings is 2. The number of ether oxygens (including phenoxy) is 1. The average molecular weight is 452 g/mol. The van der Waals surface area contributed by atoms with Crippen LogP contribution in [0.1, 0.15) is 64.4 Å². The van der Waals surface area contributed by atoms with Crippen LogP contribution in [0, 0.1) is 0 Å². The summed E-state index contributed by atoms with van der Waals surface area (Å²) >= 11 is 6.03. The number of halogens is 1. The number of esters is 1. The third-order valence-electron chi connectivity index (χ3n) is 5.71. The molecule has 0 bridgehead atoms. The van der Waals surface area contributed by atoms with E-state index in [1.807, 2.05) is 36.4 Å². The smallest absolute Gasteiger partial charge is 0.359 e. The maximum absolute atomic E-state index is 13.2. The Balaban J connectivity index is 1.67. The minimum absolute atomic E-state index is 0.0555. The summed E-state index contributed by atoms with van der Waals surface area (Å²) in [7, 11) is 0. The van der Waals surface area contributed by atoms with Crippen LogP contribution in [0.15, 0.2) is 48.5 Å². The molecule has 166 valence electrons. The second-order valence-electron chi connectivity index (χ2n) is 8.14. The van der Waals surface area contributed by atoms with Gasteiger partial charge in [0.1, 0.15) is 0 Å². The first kappa shape index (κ1) is 22.1. The van der Waals surface area contributed by atoms with Gasteiger partial charge in [-0.15, -0.1) is 0 Å². The summed E-state index contributed by atoms with van der Waals surface area (Å²) in [6.07, 6.45) is 0.584. The van der Waals surface area contributed by atoms with Crippen LogP contribution in [0.25, 0.3) is 5.69 Å². The number of nitrogens with zero attached hydrogens (tertiary/aromatic N) is 3. The Morgan fingerprint density at radius 1 is 1.09 bits per heavy atom. The molecule has 0 atom stereocenters. The summed E-state index contributed by atoms with van der Waals surface area (Å²) in [4.78, 5) is 27.6. The van der Waals surface area contributed by atoms with Crippen molar-refractivity contribution in [3.63, 3.8) is 0 Å². The van der Waals surface area contributed by atoms with Crippen molar-refractivity contribution in [2.45, 2.75) is 39.7 Å². The second kappa shape index (κ2) is 9.17. The molecule has 4 rings (SSSR count). The van der Waals surface area contributed by atoms with Gasteiger partial charge in [-0.25, -0.2) is 9.48 Å². The van der Waals surface area contributed by atoms with Crippen LogP contribution < -0.4 is 0 Å². The molecule has 3 aromatic rings. The summed E-state index contributed by atoms with van der Waals surface area (Å²) in [6, 6.07) is 15.0. The van der Waals surface area contributed by atoms with Gasteiger partial charge in [-0.05, 0) is 54.8 Å². The lowest BCUT2D eigenvalue weighted by Crippen LogP contribution is -2.36. The minimum Gasteiger partial charge on any atom is -0.461 e. The maximum atomic E-state index is 13.2. The summed E-state index contributed by atoms with van der Waals surface area (Å²) in [5.41, 5.74) is 4.54. The lowest BCUT2D eigenvalue weighted by Gasteiger charge is -2.28. The van der Waals surface area contributed by atoms with Gasteiger partial charge in [0.15, 0.2) is 5.69 Å².